The van der Waals surface area contributed by atoms with Crippen molar-refractivity contribution in [2.75, 3.05) is 14.1 Å². The Bertz CT molecular complexity index is 1150. The predicted octanol–water partition coefficient (Wildman–Crippen LogP) is 3.16. The fraction of sp³-hybridized carbons (Fsp3) is 0.273. The van der Waals surface area contributed by atoms with E-state index in [4.69, 9.17) is 4.74 Å². The minimum absolute atomic E-state index is 0.0294. The smallest absolute Gasteiger partial charge is 0.342 e. The van der Waals surface area contributed by atoms with Crippen molar-refractivity contribution in [1.29, 1.82) is 0 Å². The van der Waals surface area contributed by atoms with Crippen LogP contribution in [0.2, 0.25) is 0 Å². The molecule has 0 aliphatic rings. The van der Waals surface area contributed by atoms with Crippen LogP contribution in [0.1, 0.15) is 32.9 Å². The van der Waals surface area contributed by atoms with Crippen molar-refractivity contribution in [1.82, 2.24) is 14.1 Å². The molecule has 0 fully saturated rings. The average Bonchev–Trinajstić information content (AvgIpc) is 3.00. The van der Waals surface area contributed by atoms with Crippen LogP contribution in [0.25, 0.3) is 0 Å². The SMILES string of the molecule is Cc1nn(Cc2ccccc2)c(C)c1C(=O)OCc1cccc(S(=O)(=O)N(C)C)c1. The molecule has 0 aliphatic carbocycles. The number of sulfonamides is 1. The minimum atomic E-state index is -3.55. The third kappa shape index (κ3) is 4.60. The molecule has 2 aromatic carbocycles. The lowest BCUT2D eigenvalue weighted by molar-refractivity contribution is 0.0470. The number of carbonyl (C=O) groups is 1. The van der Waals surface area contributed by atoms with E-state index in [0.717, 1.165) is 15.6 Å². The molecule has 0 spiro atoms. The molecule has 30 heavy (non-hydrogen) atoms. The van der Waals surface area contributed by atoms with Crippen LogP contribution in [-0.4, -0.2) is 42.6 Å². The Labute approximate surface area is 177 Å². The first kappa shape index (κ1) is 21.7. The van der Waals surface area contributed by atoms with Gasteiger partial charge in [-0.05, 0) is 37.1 Å². The van der Waals surface area contributed by atoms with E-state index >= 15 is 0 Å². The Morgan fingerprint density at radius 1 is 1.03 bits per heavy atom. The summed E-state index contributed by atoms with van der Waals surface area (Å²) in [6.07, 6.45) is 0. The van der Waals surface area contributed by atoms with E-state index in [1.54, 1.807) is 23.7 Å². The van der Waals surface area contributed by atoms with Gasteiger partial charge in [0.15, 0.2) is 0 Å². The highest BCUT2D eigenvalue weighted by molar-refractivity contribution is 7.89. The molecule has 8 heteroatoms. The second-order valence-corrected chi connectivity index (χ2v) is 9.35. The summed E-state index contributed by atoms with van der Waals surface area (Å²) in [5, 5.41) is 4.48. The number of nitrogens with zero attached hydrogens (tertiary/aromatic N) is 3. The summed E-state index contributed by atoms with van der Waals surface area (Å²) in [6.45, 7) is 4.14. The van der Waals surface area contributed by atoms with Crippen molar-refractivity contribution < 1.29 is 17.9 Å². The molecule has 0 saturated carbocycles. The molecular formula is C22H25N3O4S. The first-order valence-corrected chi connectivity index (χ1v) is 10.9. The maximum absolute atomic E-state index is 12.7. The quantitative estimate of drug-likeness (QED) is 0.541. The summed E-state index contributed by atoms with van der Waals surface area (Å²) >= 11 is 0. The minimum Gasteiger partial charge on any atom is -0.457 e. The summed E-state index contributed by atoms with van der Waals surface area (Å²) in [7, 11) is -0.605. The van der Waals surface area contributed by atoms with Crippen LogP contribution in [0.4, 0.5) is 0 Å². The van der Waals surface area contributed by atoms with Gasteiger partial charge in [-0.3, -0.25) is 4.68 Å². The van der Waals surface area contributed by atoms with Crippen molar-refractivity contribution >= 4 is 16.0 Å². The number of ether oxygens (including phenoxy) is 1. The van der Waals surface area contributed by atoms with Crippen molar-refractivity contribution in [3.05, 3.63) is 82.7 Å². The Kier molecular flexibility index (Phi) is 6.38. The Morgan fingerprint density at radius 2 is 1.70 bits per heavy atom. The molecule has 1 aromatic heterocycles. The van der Waals surface area contributed by atoms with Gasteiger partial charge in [0.25, 0.3) is 0 Å². The maximum Gasteiger partial charge on any atom is 0.342 e. The third-order valence-electron chi connectivity index (χ3n) is 4.81. The van der Waals surface area contributed by atoms with Crippen molar-refractivity contribution in [3.8, 4) is 0 Å². The highest BCUT2D eigenvalue weighted by Gasteiger charge is 2.21. The molecule has 0 bridgehead atoms. The highest BCUT2D eigenvalue weighted by Crippen LogP contribution is 2.19. The summed E-state index contributed by atoms with van der Waals surface area (Å²) in [6, 6.07) is 16.3. The first-order chi connectivity index (χ1) is 14.2. The standard InChI is InChI=1S/C22H25N3O4S/c1-16-21(17(2)25(23-16)14-18-9-6-5-7-10-18)22(26)29-15-19-11-8-12-20(13-19)30(27,28)24(3)4/h5-13H,14-15H2,1-4H3. The zero-order chi connectivity index (χ0) is 21.9. The first-order valence-electron chi connectivity index (χ1n) is 9.46. The second kappa shape index (κ2) is 8.81. The van der Waals surface area contributed by atoms with Crippen LogP contribution in [-0.2, 0) is 27.9 Å². The molecular weight excluding hydrogens is 402 g/mol. The summed E-state index contributed by atoms with van der Waals surface area (Å²) in [5.74, 6) is -0.481. The Morgan fingerprint density at radius 3 is 2.37 bits per heavy atom. The van der Waals surface area contributed by atoms with E-state index in [0.29, 0.717) is 23.4 Å². The van der Waals surface area contributed by atoms with Gasteiger partial charge in [0, 0.05) is 14.1 Å². The van der Waals surface area contributed by atoms with Gasteiger partial charge >= 0.3 is 5.97 Å². The summed E-state index contributed by atoms with van der Waals surface area (Å²) < 4.78 is 33.0. The van der Waals surface area contributed by atoms with E-state index in [2.05, 4.69) is 5.10 Å². The van der Waals surface area contributed by atoms with Gasteiger partial charge in [0.05, 0.1) is 22.8 Å². The van der Waals surface area contributed by atoms with Gasteiger partial charge in [-0.1, -0.05) is 42.5 Å². The van der Waals surface area contributed by atoms with E-state index < -0.39 is 16.0 Å². The van der Waals surface area contributed by atoms with Gasteiger partial charge in [0.1, 0.15) is 12.2 Å². The number of carbonyl (C=O) groups excluding carboxylic acids is 1. The molecule has 0 unspecified atom stereocenters. The van der Waals surface area contributed by atoms with Gasteiger partial charge in [0.2, 0.25) is 10.0 Å². The Hall–Kier alpha value is -2.97. The molecule has 0 radical (unpaired) electrons. The predicted molar refractivity (Wildman–Crippen MR) is 114 cm³/mol. The molecule has 7 nitrogen and oxygen atoms in total. The molecule has 0 aliphatic heterocycles. The zero-order valence-electron chi connectivity index (χ0n) is 17.5. The van der Waals surface area contributed by atoms with E-state index in [1.165, 1.54) is 26.2 Å². The number of rotatable bonds is 7. The van der Waals surface area contributed by atoms with Crippen molar-refractivity contribution in [3.63, 3.8) is 0 Å². The normalized spacial score (nSPS) is 11.6. The molecule has 0 atom stereocenters. The monoisotopic (exact) mass is 427 g/mol. The number of esters is 1. The van der Waals surface area contributed by atoms with E-state index in [1.807, 2.05) is 37.3 Å². The zero-order valence-corrected chi connectivity index (χ0v) is 18.3. The Balaban J connectivity index is 1.75. The topological polar surface area (TPSA) is 81.5 Å². The number of aromatic nitrogens is 2. The van der Waals surface area contributed by atoms with Crippen molar-refractivity contribution in [2.24, 2.45) is 0 Å². The molecule has 158 valence electrons. The van der Waals surface area contributed by atoms with Crippen LogP contribution in [0.15, 0.2) is 59.5 Å². The average molecular weight is 428 g/mol. The van der Waals surface area contributed by atoms with Gasteiger partial charge in [-0.15, -0.1) is 0 Å². The highest BCUT2D eigenvalue weighted by atomic mass is 32.2. The van der Waals surface area contributed by atoms with E-state index in [9.17, 15) is 13.2 Å². The number of hydrogen-bond acceptors (Lipinski definition) is 5. The van der Waals surface area contributed by atoms with Gasteiger partial charge in [-0.2, -0.15) is 5.10 Å². The van der Waals surface area contributed by atoms with E-state index in [-0.39, 0.29) is 11.5 Å². The second-order valence-electron chi connectivity index (χ2n) is 7.20. The third-order valence-corrected chi connectivity index (χ3v) is 6.62. The molecule has 1 heterocycles. The van der Waals surface area contributed by atoms with Crippen LogP contribution in [0, 0.1) is 13.8 Å². The van der Waals surface area contributed by atoms with Crippen LogP contribution in [0.5, 0.6) is 0 Å². The largest absolute Gasteiger partial charge is 0.457 e. The fourth-order valence-corrected chi connectivity index (χ4v) is 4.10. The molecule has 0 amide bonds. The number of aryl methyl sites for hydroxylation is 1. The number of hydrogen-bond donors (Lipinski definition) is 0. The van der Waals surface area contributed by atoms with Crippen molar-refractivity contribution in [2.45, 2.75) is 31.9 Å². The number of benzene rings is 2. The van der Waals surface area contributed by atoms with Crippen LogP contribution < -0.4 is 0 Å². The van der Waals surface area contributed by atoms with Crippen LogP contribution >= 0.6 is 0 Å². The fourth-order valence-electron chi connectivity index (χ4n) is 3.13. The lowest BCUT2D eigenvalue weighted by Crippen LogP contribution is -2.22. The summed E-state index contributed by atoms with van der Waals surface area (Å²) in [4.78, 5) is 12.9. The molecule has 3 aromatic rings. The van der Waals surface area contributed by atoms with Crippen LogP contribution in [0.3, 0.4) is 0 Å². The molecule has 3 rings (SSSR count). The lowest BCUT2D eigenvalue weighted by atomic mass is 10.2. The molecule has 0 N–H and O–H groups in total. The van der Waals surface area contributed by atoms with Gasteiger partial charge < -0.3 is 4.74 Å². The molecule has 0 saturated heterocycles. The summed E-state index contributed by atoms with van der Waals surface area (Å²) in [5.41, 5.74) is 3.44. The lowest BCUT2D eigenvalue weighted by Gasteiger charge is -2.12. The van der Waals surface area contributed by atoms with Gasteiger partial charge in [-0.25, -0.2) is 17.5 Å². The maximum atomic E-state index is 12.7.